The summed E-state index contributed by atoms with van der Waals surface area (Å²) < 4.78 is 0. The Balaban J connectivity index is 1.31. The van der Waals surface area contributed by atoms with Gasteiger partial charge in [-0.1, -0.05) is 11.3 Å². The van der Waals surface area contributed by atoms with Gasteiger partial charge < -0.3 is 9.80 Å². The topological polar surface area (TPSA) is 88.0 Å². The summed E-state index contributed by atoms with van der Waals surface area (Å²) in [5.41, 5.74) is 2.09. The van der Waals surface area contributed by atoms with E-state index in [1.54, 1.807) is 18.6 Å². The highest BCUT2D eigenvalue weighted by Crippen LogP contribution is 2.25. The van der Waals surface area contributed by atoms with Crippen molar-refractivity contribution in [3.05, 3.63) is 59.1 Å². The number of likely N-dealkylation sites (N-methyl/N-ethyl adjacent to an activating group) is 1. The number of Topliss-reactive ketones (excluding diaryl/α,β-unsaturated/α-hetero) is 1. The van der Waals surface area contributed by atoms with E-state index < -0.39 is 0 Å². The summed E-state index contributed by atoms with van der Waals surface area (Å²) in [6.07, 6.45) is 5.44. The third-order valence-corrected chi connectivity index (χ3v) is 6.50. The van der Waals surface area contributed by atoms with Gasteiger partial charge in [0.2, 0.25) is 0 Å². The first-order valence-electron chi connectivity index (χ1n) is 10.5. The van der Waals surface area contributed by atoms with Gasteiger partial charge >= 0.3 is 0 Å². The monoisotopic (exact) mass is 445 g/mol. The number of fused-ring (bicyclic) bond motifs is 1. The van der Waals surface area contributed by atoms with Crippen LogP contribution in [0.4, 0.5) is 5.82 Å². The maximum Gasteiger partial charge on any atom is 0.170 e. The maximum atomic E-state index is 12.8. The van der Waals surface area contributed by atoms with Crippen LogP contribution in [0.2, 0.25) is 0 Å². The molecule has 4 aromatic heterocycles. The van der Waals surface area contributed by atoms with Crippen molar-refractivity contribution in [1.29, 1.82) is 0 Å². The van der Waals surface area contributed by atoms with Crippen LogP contribution in [0.1, 0.15) is 21.1 Å². The third kappa shape index (κ3) is 4.35. The number of carbonyl (C=O) groups excluding carboxylic acids is 1. The molecule has 0 bridgehead atoms. The quantitative estimate of drug-likeness (QED) is 0.433. The summed E-state index contributed by atoms with van der Waals surface area (Å²) in [5.74, 6) is 0.925. The van der Waals surface area contributed by atoms with Gasteiger partial charge in [0.1, 0.15) is 16.5 Å². The zero-order chi connectivity index (χ0) is 22.1. The molecular weight excluding hydrogens is 422 g/mol. The highest BCUT2D eigenvalue weighted by Gasteiger charge is 2.16. The zero-order valence-corrected chi connectivity index (χ0v) is 18.8. The van der Waals surface area contributed by atoms with Gasteiger partial charge in [-0.05, 0) is 43.6 Å². The third-order valence-electron chi connectivity index (χ3n) is 5.64. The van der Waals surface area contributed by atoms with E-state index in [9.17, 15) is 4.79 Å². The van der Waals surface area contributed by atoms with E-state index in [4.69, 9.17) is 0 Å². The molecular formula is C23H23N7OS. The Kier molecular flexibility index (Phi) is 5.59. The molecule has 0 aliphatic carbocycles. The molecule has 5 heterocycles. The number of piperazine rings is 1. The Morgan fingerprint density at radius 1 is 0.969 bits per heavy atom. The Labute approximate surface area is 190 Å². The molecule has 0 unspecified atom stereocenters. The summed E-state index contributed by atoms with van der Waals surface area (Å²) in [5, 5.41) is 11.8. The summed E-state index contributed by atoms with van der Waals surface area (Å²) >= 11 is 1.51. The van der Waals surface area contributed by atoms with E-state index in [-0.39, 0.29) is 12.2 Å². The Hall–Kier alpha value is -3.30. The fourth-order valence-corrected chi connectivity index (χ4v) is 4.40. The highest BCUT2D eigenvalue weighted by molar-refractivity contribution is 7.14. The van der Waals surface area contributed by atoms with Crippen LogP contribution in [0, 0.1) is 6.92 Å². The smallest absolute Gasteiger partial charge is 0.170 e. The van der Waals surface area contributed by atoms with Crippen LogP contribution in [-0.2, 0) is 6.42 Å². The van der Waals surface area contributed by atoms with Crippen molar-refractivity contribution in [3.8, 4) is 10.7 Å². The van der Waals surface area contributed by atoms with Crippen LogP contribution in [0.15, 0.2) is 42.9 Å². The fraction of sp³-hybridized carbons (Fsp3) is 0.304. The molecule has 162 valence electrons. The van der Waals surface area contributed by atoms with Gasteiger partial charge in [-0.25, -0.2) is 4.98 Å². The van der Waals surface area contributed by atoms with Crippen molar-refractivity contribution >= 4 is 33.7 Å². The highest BCUT2D eigenvalue weighted by atomic mass is 32.1. The van der Waals surface area contributed by atoms with Gasteiger partial charge in [0.05, 0.1) is 6.42 Å². The molecule has 0 amide bonds. The summed E-state index contributed by atoms with van der Waals surface area (Å²) in [6.45, 7) is 5.86. The van der Waals surface area contributed by atoms with Crippen molar-refractivity contribution < 1.29 is 4.79 Å². The van der Waals surface area contributed by atoms with Crippen LogP contribution in [0.25, 0.3) is 21.5 Å². The van der Waals surface area contributed by atoms with Crippen molar-refractivity contribution in [2.45, 2.75) is 13.3 Å². The number of nitrogens with zero attached hydrogens (tertiary/aromatic N) is 7. The molecule has 0 radical (unpaired) electrons. The Morgan fingerprint density at radius 2 is 1.78 bits per heavy atom. The van der Waals surface area contributed by atoms with E-state index in [0.717, 1.165) is 64.2 Å². The standard InChI is InChI=1S/C23H23N7OS/c1-15-27-28-23(32-15)20-10-17-9-19(24-13-18(17)14-25-20)11-21(31)16-3-4-22(26-12-16)30-7-5-29(2)6-8-30/h3-4,9-10,12-14H,5-8,11H2,1-2H3. The number of hydrogen-bond acceptors (Lipinski definition) is 9. The van der Waals surface area contributed by atoms with Crippen LogP contribution >= 0.6 is 11.3 Å². The van der Waals surface area contributed by atoms with Crippen molar-refractivity contribution in [1.82, 2.24) is 30.0 Å². The lowest BCUT2D eigenvalue weighted by Crippen LogP contribution is -2.44. The predicted octanol–water partition coefficient (Wildman–Crippen LogP) is 3.03. The summed E-state index contributed by atoms with van der Waals surface area (Å²) in [4.78, 5) is 30.9. The Bertz CT molecular complexity index is 1260. The first-order chi connectivity index (χ1) is 15.5. The van der Waals surface area contributed by atoms with Crippen molar-refractivity contribution in [2.75, 3.05) is 38.1 Å². The molecule has 1 fully saturated rings. The molecule has 5 rings (SSSR count). The number of pyridine rings is 3. The average Bonchev–Trinajstić information content (AvgIpc) is 3.25. The number of ketones is 1. The van der Waals surface area contributed by atoms with Gasteiger partial charge in [0, 0.05) is 61.4 Å². The molecule has 0 aromatic carbocycles. The SMILES string of the molecule is Cc1nnc(-c2cc3cc(CC(=O)c4ccc(N5CCN(C)CC5)nc4)ncc3cn2)s1. The minimum Gasteiger partial charge on any atom is -0.354 e. The lowest BCUT2D eigenvalue weighted by atomic mass is 10.1. The molecule has 8 nitrogen and oxygen atoms in total. The number of anilines is 1. The molecule has 0 saturated carbocycles. The van der Waals surface area contributed by atoms with Crippen LogP contribution in [0.3, 0.4) is 0 Å². The van der Waals surface area contributed by atoms with E-state index in [0.29, 0.717) is 5.56 Å². The molecule has 0 spiro atoms. The van der Waals surface area contributed by atoms with Gasteiger partial charge in [-0.3, -0.25) is 14.8 Å². The van der Waals surface area contributed by atoms with E-state index >= 15 is 0 Å². The van der Waals surface area contributed by atoms with Crippen LogP contribution < -0.4 is 4.90 Å². The van der Waals surface area contributed by atoms with Gasteiger partial charge in [-0.15, -0.1) is 10.2 Å². The van der Waals surface area contributed by atoms with Crippen LogP contribution in [-0.4, -0.2) is 69.1 Å². The van der Waals surface area contributed by atoms with E-state index in [1.165, 1.54) is 11.3 Å². The number of carbonyl (C=O) groups is 1. The van der Waals surface area contributed by atoms with Crippen molar-refractivity contribution in [3.63, 3.8) is 0 Å². The van der Waals surface area contributed by atoms with E-state index in [2.05, 4.69) is 42.0 Å². The second-order valence-electron chi connectivity index (χ2n) is 8.01. The maximum absolute atomic E-state index is 12.8. The minimum absolute atomic E-state index is 0.00306. The lowest BCUT2D eigenvalue weighted by molar-refractivity contribution is 0.0991. The zero-order valence-electron chi connectivity index (χ0n) is 18.0. The second kappa shape index (κ2) is 8.68. The Morgan fingerprint density at radius 3 is 2.50 bits per heavy atom. The lowest BCUT2D eigenvalue weighted by Gasteiger charge is -2.33. The second-order valence-corrected chi connectivity index (χ2v) is 9.20. The normalized spacial score (nSPS) is 14.8. The van der Waals surface area contributed by atoms with E-state index in [1.807, 2.05) is 31.2 Å². The molecule has 32 heavy (non-hydrogen) atoms. The largest absolute Gasteiger partial charge is 0.354 e. The number of aromatic nitrogens is 5. The summed E-state index contributed by atoms with van der Waals surface area (Å²) in [7, 11) is 2.13. The molecule has 1 saturated heterocycles. The molecule has 0 N–H and O–H groups in total. The molecule has 0 atom stereocenters. The average molecular weight is 446 g/mol. The molecule has 1 aliphatic heterocycles. The number of hydrogen-bond donors (Lipinski definition) is 0. The minimum atomic E-state index is 0.00306. The molecule has 4 aromatic rings. The first-order valence-corrected chi connectivity index (χ1v) is 11.3. The van der Waals surface area contributed by atoms with Gasteiger partial charge in [0.15, 0.2) is 10.8 Å². The predicted molar refractivity (Wildman–Crippen MR) is 125 cm³/mol. The first kappa shape index (κ1) is 20.6. The molecule has 9 heteroatoms. The molecule has 1 aliphatic rings. The van der Waals surface area contributed by atoms with Crippen molar-refractivity contribution in [2.24, 2.45) is 0 Å². The fourth-order valence-electron chi connectivity index (χ4n) is 3.74. The number of aryl methyl sites for hydroxylation is 1. The number of rotatable bonds is 5. The van der Waals surface area contributed by atoms with Gasteiger partial charge in [-0.2, -0.15) is 0 Å². The summed E-state index contributed by atoms with van der Waals surface area (Å²) in [6, 6.07) is 7.72. The van der Waals surface area contributed by atoms with Gasteiger partial charge in [0.25, 0.3) is 0 Å². The van der Waals surface area contributed by atoms with Crippen LogP contribution in [0.5, 0.6) is 0 Å².